The number of hydrogen-bond acceptors (Lipinski definition) is 9. The SMILES string of the molecule is O=C(CNC(=O)c1cncc(NC2=NCC(O)CN2)c1)N[C@@H]1COC(=O)C1. The minimum Gasteiger partial charge on any atom is -0.463 e. The van der Waals surface area contributed by atoms with Gasteiger partial charge < -0.3 is 31.1 Å². The van der Waals surface area contributed by atoms with Crippen LogP contribution in [0.15, 0.2) is 23.5 Å². The van der Waals surface area contributed by atoms with Gasteiger partial charge in [0, 0.05) is 12.7 Å². The van der Waals surface area contributed by atoms with E-state index in [-0.39, 0.29) is 43.7 Å². The van der Waals surface area contributed by atoms with Crippen LogP contribution >= 0.6 is 0 Å². The normalized spacial score (nSPS) is 21.5. The second-order valence-electron chi connectivity index (χ2n) is 6.15. The molecule has 2 atom stereocenters. The van der Waals surface area contributed by atoms with Gasteiger partial charge in [0.15, 0.2) is 5.96 Å². The van der Waals surface area contributed by atoms with Crippen molar-refractivity contribution in [1.82, 2.24) is 20.9 Å². The molecule has 0 bridgehead atoms. The number of aliphatic hydroxyl groups is 1. The quantitative estimate of drug-likeness (QED) is 0.369. The standard InChI is InChI=1S/C16H20N6O5/c23-12-5-19-16(20-6-12)22-10-1-9(3-17-4-10)15(26)18-7-13(24)21-11-2-14(25)27-8-11/h1,3-4,11-12,23H,2,5-8H2,(H,18,26)(H,21,24)(H2,19,20,22)/t11-/m0/s1. The second-order valence-corrected chi connectivity index (χ2v) is 6.15. The number of aliphatic imine (C=N–C) groups is 1. The number of pyridine rings is 1. The number of esters is 1. The number of ether oxygens (including phenoxy) is 1. The second kappa shape index (κ2) is 8.45. The van der Waals surface area contributed by atoms with Crippen LogP contribution in [-0.4, -0.2) is 72.2 Å². The highest BCUT2D eigenvalue weighted by molar-refractivity contribution is 5.99. The number of carbonyl (C=O) groups is 3. The highest BCUT2D eigenvalue weighted by Gasteiger charge is 2.25. The van der Waals surface area contributed by atoms with E-state index in [0.29, 0.717) is 18.2 Å². The summed E-state index contributed by atoms with van der Waals surface area (Å²) in [5, 5.41) is 20.4. The third-order valence-corrected chi connectivity index (χ3v) is 3.86. The summed E-state index contributed by atoms with van der Waals surface area (Å²) in [4.78, 5) is 43.2. The van der Waals surface area contributed by atoms with Gasteiger partial charge in [-0.3, -0.25) is 24.4 Å². The van der Waals surface area contributed by atoms with Gasteiger partial charge in [-0.15, -0.1) is 0 Å². The van der Waals surface area contributed by atoms with Crippen LogP contribution in [0.1, 0.15) is 16.8 Å². The van der Waals surface area contributed by atoms with E-state index >= 15 is 0 Å². The molecule has 0 aromatic carbocycles. The molecule has 3 heterocycles. The Bertz CT molecular complexity index is 767. The minimum atomic E-state index is -0.522. The number of carbonyl (C=O) groups excluding carboxylic acids is 3. The third-order valence-electron chi connectivity index (χ3n) is 3.86. The van der Waals surface area contributed by atoms with Crippen LogP contribution in [0.2, 0.25) is 0 Å². The van der Waals surface area contributed by atoms with Crippen LogP contribution in [0.4, 0.5) is 5.69 Å². The summed E-state index contributed by atoms with van der Waals surface area (Å²) in [6.45, 7) is 0.584. The van der Waals surface area contributed by atoms with Crippen molar-refractivity contribution < 1.29 is 24.2 Å². The molecule has 1 aromatic heterocycles. The van der Waals surface area contributed by atoms with Gasteiger partial charge in [0.05, 0.1) is 49.1 Å². The monoisotopic (exact) mass is 376 g/mol. The first kappa shape index (κ1) is 18.6. The van der Waals surface area contributed by atoms with Gasteiger partial charge in [-0.2, -0.15) is 0 Å². The number of aromatic nitrogens is 1. The molecular weight excluding hydrogens is 356 g/mol. The summed E-state index contributed by atoms with van der Waals surface area (Å²) >= 11 is 0. The number of aliphatic hydroxyl groups excluding tert-OH is 1. The Morgan fingerprint density at radius 2 is 2.22 bits per heavy atom. The number of nitrogens with one attached hydrogen (secondary N) is 4. The zero-order valence-corrected chi connectivity index (χ0v) is 14.4. The lowest BCUT2D eigenvalue weighted by Crippen LogP contribution is -2.42. The molecule has 5 N–H and O–H groups in total. The predicted molar refractivity (Wildman–Crippen MR) is 94.0 cm³/mol. The van der Waals surface area contributed by atoms with Gasteiger partial charge in [-0.05, 0) is 6.07 Å². The van der Waals surface area contributed by atoms with Crippen molar-refractivity contribution in [2.24, 2.45) is 4.99 Å². The van der Waals surface area contributed by atoms with Gasteiger partial charge in [-0.1, -0.05) is 0 Å². The van der Waals surface area contributed by atoms with Crippen molar-refractivity contribution in [1.29, 1.82) is 0 Å². The molecule has 0 radical (unpaired) electrons. The Kier molecular flexibility index (Phi) is 5.81. The maximum Gasteiger partial charge on any atom is 0.308 e. The third kappa shape index (κ3) is 5.38. The van der Waals surface area contributed by atoms with Crippen molar-refractivity contribution in [3.05, 3.63) is 24.0 Å². The Morgan fingerprint density at radius 1 is 1.37 bits per heavy atom. The minimum absolute atomic E-state index is 0.131. The molecular formula is C16H20N6O5. The fraction of sp³-hybridized carbons (Fsp3) is 0.438. The van der Waals surface area contributed by atoms with E-state index < -0.39 is 17.9 Å². The van der Waals surface area contributed by atoms with Crippen LogP contribution in [0.5, 0.6) is 0 Å². The fourth-order valence-corrected chi connectivity index (χ4v) is 2.53. The van der Waals surface area contributed by atoms with E-state index in [9.17, 15) is 19.5 Å². The molecule has 0 aliphatic carbocycles. The molecule has 11 heteroatoms. The van der Waals surface area contributed by atoms with E-state index in [1.807, 2.05) is 0 Å². The van der Waals surface area contributed by atoms with Gasteiger partial charge in [0.2, 0.25) is 5.91 Å². The molecule has 1 unspecified atom stereocenters. The van der Waals surface area contributed by atoms with Crippen molar-refractivity contribution >= 4 is 29.4 Å². The van der Waals surface area contributed by atoms with Crippen molar-refractivity contribution in [3.8, 4) is 0 Å². The lowest BCUT2D eigenvalue weighted by atomic mass is 10.2. The number of nitrogens with zero attached hydrogens (tertiary/aromatic N) is 2. The van der Waals surface area contributed by atoms with E-state index in [4.69, 9.17) is 4.74 Å². The van der Waals surface area contributed by atoms with Gasteiger partial charge >= 0.3 is 5.97 Å². The first-order valence-electron chi connectivity index (χ1n) is 8.41. The van der Waals surface area contributed by atoms with Crippen LogP contribution in [-0.2, 0) is 14.3 Å². The van der Waals surface area contributed by atoms with Crippen LogP contribution in [0.3, 0.4) is 0 Å². The highest BCUT2D eigenvalue weighted by atomic mass is 16.5. The van der Waals surface area contributed by atoms with Crippen LogP contribution < -0.4 is 21.3 Å². The lowest BCUT2D eigenvalue weighted by Gasteiger charge is -2.19. The Hall–Kier alpha value is -3.21. The maximum absolute atomic E-state index is 12.2. The molecule has 0 saturated carbocycles. The highest BCUT2D eigenvalue weighted by Crippen LogP contribution is 2.09. The van der Waals surface area contributed by atoms with E-state index in [2.05, 4.69) is 31.2 Å². The lowest BCUT2D eigenvalue weighted by molar-refractivity contribution is -0.138. The molecule has 2 aliphatic heterocycles. The number of hydrogen-bond donors (Lipinski definition) is 5. The summed E-state index contributed by atoms with van der Waals surface area (Å²) in [5.74, 6) is -0.749. The molecule has 0 spiro atoms. The fourth-order valence-electron chi connectivity index (χ4n) is 2.53. The first-order chi connectivity index (χ1) is 13.0. The number of anilines is 1. The molecule has 2 amide bonds. The Labute approximate surface area is 154 Å². The van der Waals surface area contributed by atoms with Crippen LogP contribution in [0.25, 0.3) is 0 Å². The Balaban J connectivity index is 1.49. The van der Waals surface area contributed by atoms with E-state index in [0.717, 1.165) is 0 Å². The molecule has 1 fully saturated rings. The zero-order valence-electron chi connectivity index (χ0n) is 14.4. The molecule has 27 heavy (non-hydrogen) atoms. The molecule has 144 valence electrons. The zero-order chi connectivity index (χ0) is 19.2. The average molecular weight is 376 g/mol. The van der Waals surface area contributed by atoms with E-state index in [1.165, 1.54) is 12.4 Å². The molecule has 1 saturated heterocycles. The summed E-state index contributed by atoms with van der Waals surface area (Å²) in [6, 6.07) is 1.21. The van der Waals surface area contributed by atoms with Crippen molar-refractivity contribution in [2.45, 2.75) is 18.6 Å². The maximum atomic E-state index is 12.2. The predicted octanol–water partition coefficient (Wildman–Crippen LogP) is -2.02. The van der Waals surface area contributed by atoms with Gasteiger partial charge in [-0.25, -0.2) is 0 Å². The summed E-state index contributed by atoms with van der Waals surface area (Å²) in [7, 11) is 0. The number of rotatable bonds is 5. The summed E-state index contributed by atoms with van der Waals surface area (Å²) in [6.07, 6.45) is 2.51. The summed E-state index contributed by atoms with van der Waals surface area (Å²) in [5.41, 5.74) is 0.806. The number of cyclic esters (lactones) is 1. The molecule has 11 nitrogen and oxygen atoms in total. The molecule has 2 aliphatic rings. The van der Waals surface area contributed by atoms with Gasteiger partial charge in [0.25, 0.3) is 5.91 Å². The molecule has 3 rings (SSSR count). The van der Waals surface area contributed by atoms with E-state index in [1.54, 1.807) is 6.07 Å². The Morgan fingerprint density at radius 3 is 2.93 bits per heavy atom. The number of amides is 2. The molecule has 1 aromatic rings. The van der Waals surface area contributed by atoms with Gasteiger partial charge in [0.1, 0.15) is 6.61 Å². The number of β-amino-alcohol motifs (C(OH)–C–C–N with tert-alkyl or cyclic N) is 1. The summed E-state index contributed by atoms with van der Waals surface area (Å²) < 4.78 is 4.76. The first-order valence-corrected chi connectivity index (χ1v) is 8.41. The topological polar surface area (TPSA) is 154 Å². The number of guanidine groups is 1. The van der Waals surface area contributed by atoms with Crippen molar-refractivity contribution in [2.75, 3.05) is 31.6 Å². The smallest absolute Gasteiger partial charge is 0.308 e. The van der Waals surface area contributed by atoms with Crippen molar-refractivity contribution in [3.63, 3.8) is 0 Å². The van der Waals surface area contributed by atoms with Crippen LogP contribution in [0, 0.1) is 0 Å². The largest absolute Gasteiger partial charge is 0.463 e. The average Bonchev–Trinajstić information content (AvgIpc) is 3.06.